The molecule has 1 aliphatic rings. The summed E-state index contributed by atoms with van der Waals surface area (Å²) in [5.74, 6) is 0.828. The summed E-state index contributed by atoms with van der Waals surface area (Å²) in [4.78, 5) is 5.63. The molecule has 0 atom stereocenters. The minimum atomic E-state index is 0.591. The number of rotatable bonds is 5. The highest BCUT2D eigenvalue weighted by atomic mass is 32.1. The van der Waals surface area contributed by atoms with Crippen molar-refractivity contribution in [2.24, 2.45) is 10.1 Å². The Morgan fingerprint density at radius 1 is 1.10 bits per heavy atom. The zero-order valence-electron chi connectivity index (χ0n) is 16.9. The first-order chi connectivity index (χ1) is 14.2. The highest BCUT2D eigenvalue weighted by molar-refractivity contribution is 7.07. The van der Waals surface area contributed by atoms with Gasteiger partial charge in [0.15, 0.2) is 0 Å². The third-order valence-corrected chi connectivity index (χ3v) is 5.82. The van der Waals surface area contributed by atoms with Crippen molar-refractivity contribution >= 4 is 17.0 Å². The molecule has 1 aliphatic carbocycles. The topological polar surface area (TPSA) is 38.9 Å². The average Bonchev–Trinajstić information content (AvgIpc) is 3.14. The van der Waals surface area contributed by atoms with Gasteiger partial charge in [-0.1, -0.05) is 48.6 Å². The number of aryl methyl sites for hydroxylation is 1. The Kier molecular flexibility index (Phi) is 5.76. The van der Waals surface area contributed by atoms with Crippen molar-refractivity contribution in [2.45, 2.75) is 26.2 Å². The number of benzene rings is 2. The lowest BCUT2D eigenvalue weighted by molar-refractivity contribution is 0.416. The molecule has 148 valence electrons. The molecule has 2 aromatic carbocycles. The van der Waals surface area contributed by atoms with Crippen LogP contribution in [0.2, 0.25) is 0 Å². The maximum absolute atomic E-state index is 5.61. The molecule has 4 rings (SSSR count). The van der Waals surface area contributed by atoms with Crippen molar-refractivity contribution in [3.05, 3.63) is 82.0 Å². The molecule has 0 spiro atoms. The molecule has 0 amide bonds. The van der Waals surface area contributed by atoms with E-state index in [-0.39, 0.29) is 0 Å². The molecule has 0 aliphatic heterocycles. The van der Waals surface area contributed by atoms with E-state index in [2.05, 4.69) is 42.3 Å². The van der Waals surface area contributed by atoms with Crippen molar-refractivity contribution in [1.82, 2.24) is 4.68 Å². The summed E-state index contributed by atoms with van der Waals surface area (Å²) in [5.41, 5.74) is 6.75. The van der Waals surface area contributed by atoms with Crippen LogP contribution in [-0.4, -0.2) is 24.0 Å². The standard InChI is InChI=1S/C24H25N3OS/c1-17(2)15-25-24-27(22(16-29-24)20-12-6-7-14-23(20)28-3)26-21-13-8-10-18-9-4-5-11-19(18)21/h4-7,9,11-12,14,16H,1,8,10,13,15H2,2-3H3. The summed E-state index contributed by atoms with van der Waals surface area (Å²) in [7, 11) is 1.70. The Balaban J connectivity index is 1.91. The molecule has 0 unspecified atom stereocenters. The first-order valence-electron chi connectivity index (χ1n) is 9.82. The van der Waals surface area contributed by atoms with Gasteiger partial charge in [0.05, 0.1) is 25.1 Å². The van der Waals surface area contributed by atoms with Gasteiger partial charge in [0, 0.05) is 16.5 Å². The SMILES string of the molecule is C=C(C)CN=c1scc(-c2ccccc2OC)n1N=C1CCCc2ccccc21. The molecule has 0 bridgehead atoms. The van der Waals surface area contributed by atoms with Crippen molar-refractivity contribution in [3.63, 3.8) is 0 Å². The lowest BCUT2D eigenvalue weighted by atomic mass is 9.90. The van der Waals surface area contributed by atoms with Crippen molar-refractivity contribution in [3.8, 4) is 17.0 Å². The molecule has 0 fully saturated rings. The van der Waals surface area contributed by atoms with Crippen LogP contribution < -0.4 is 9.54 Å². The number of ether oxygens (including phenoxy) is 1. The van der Waals surface area contributed by atoms with E-state index >= 15 is 0 Å². The van der Waals surface area contributed by atoms with Gasteiger partial charge in [0.1, 0.15) is 5.75 Å². The molecule has 5 heteroatoms. The summed E-state index contributed by atoms with van der Waals surface area (Å²) >= 11 is 1.59. The predicted octanol–water partition coefficient (Wildman–Crippen LogP) is 5.29. The Hall–Kier alpha value is -2.92. The molecule has 0 N–H and O–H groups in total. The molecule has 0 radical (unpaired) electrons. The van der Waals surface area contributed by atoms with Gasteiger partial charge < -0.3 is 4.74 Å². The number of aromatic nitrogens is 1. The molecule has 29 heavy (non-hydrogen) atoms. The summed E-state index contributed by atoms with van der Waals surface area (Å²) < 4.78 is 7.58. The van der Waals surface area contributed by atoms with Crippen LogP contribution in [0, 0.1) is 0 Å². The van der Waals surface area contributed by atoms with Gasteiger partial charge in [-0.3, -0.25) is 4.99 Å². The van der Waals surface area contributed by atoms with Gasteiger partial charge >= 0.3 is 0 Å². The van der Waals surface area contributed by atoms with Gasteiger partial charge in [0.2, 0.25) is 4.80 Å². The minimum absolute atomic E-state index is 0.591. The van der Waals surface area contributed by atoms with Crippen molar-refractivity contribution in [1.29, 1.82) is 0 Å². The zero-order valence-corrected chi connectivity index (χ0v) is 17.7. The molecular formula is C24H25N3OS. The molecule has 1 aromatic heterocycles. The number of thiazole rings is 1. The van der Waals surface area contributed by atoms with Crippen molar-refractivity contribution in [2.75, 3.05) is 13.7 Å². The maximum atomic E-state index is 5.61. The molecule has 4 nitrogen and oxygen atoms in total. The van der Waals surface area contributed by atoms with Crippen molar-refractivity contribution < 1.29 is 4.74 Å². The third-order valence-electron chi connectivity index (χ3n) is 4.96. The largest absolute Gasteiger partial charge is 0.496 e. The summed E-state index contributed by atoms with van der Waals surface area (Å²) in [6.07, 6.45) is 3.18. The van der Waals surface area contributed by atoms with E-state index in [9.17, 15) is 0 Å². The van der Waals surface area contributed by atoms with Crippen LogP contribution >= 0.6 is 11.3 Å². The first kappa shape index (κ1) is 19.4. The van der Waals surface area contributed by atoms with E-state index < -0.39 is 0 Å². The Labute approximate surface area is 175 Å². The van der Waals surface area contributed by atoms with E-state index in [1.54, 1.807) is 18.4 Å². The summed E-state index contributed by atoms with van der Waals surface area (Å²) in [6.45, 7) is 6.57. The number of methoxy groups -OCH3 is 1. The number of hydrogen-bond acceptors (Lipinski definition) is 4. The van der Waals surface area contributed by atoms with Gasteiger partial charge in [-0.15, -0.1) is 11.3 Å². The van der Waals surface area contributed by atoms with Crippen LogP contribution in [0.25, 0.3) is 11.3 Å². The fraction of sp³-hybridized carbons (Fsp3) is 0.250. The number of para-hydroxylation sites is 1. The molecular weight excluding hydrogens is 378 g/mol. The second-order valence-electron chi connectivity index (χ2n) is 7.25. The fourth-order valence-electron chi connectivity index (χ4n) is 3.57. The fourth-order valence-corrected chi connectivity index (χ4v) is 4.40. The number of nitrogens with zero attached hydrogens (tertiary/aromatic N) is 3. The number of fused-ring (bicyclic) bond motifs is 1. The maximum Gasteiger partial charge on any atom is 0.206 e. The van der Waals surface area contributed by atoms with E-state index in [0.717, 1.165) is 52.4 Å². The van der Waals surface area contributed by atoms with E-state index in [1.807, 2.05) is 29.8 Å². The van der Waals surface area contributed by atoms with Crippen LogP contribution in [0.3, 0.4) is 0 Å². The smallest absolute Gasteiger partial charge is 0.206 e. The van der Waals surface area contributed by atoms with E-state index in [1.165, 1.54) is 11.1 Å². The van der Waals surface area contributed by atoms with Crippen LogP contribution in [-0.2, 0) is 6.42 Å². The summed E-state index contributed by atoms with van der Waals surface area (Å²) in [6, 6.07) is 16.6. The van der Waals surface area contributed by atoms with Gasteiger partial charge in [-0.25, -0.2) is 4.68 Å². The Morgan fingerprint density at radius 3 is 2.66 bits per heavy atom. The quantitative estimate of drug-likeness (QED) is 0.534. The summed E-state index contributed by atoms with van der Waals surface area (Å²) in [5, 5.41) is 7.22. The highest BCUT2D eigenvalue weighted by Crippen LogP contribution is 2.30. The molecule has 3 aromatic rings. The lowest BCUT2D eigenvalue weighted by Crippen LogP contribution is -2.19. The van der Waals surface area contributed by atoms with E-state index in [4.69, 9.17) is 14.8 Å². The number of hydrogen-bond donors (Lipinski definition) is 0. The lowest BCUT2D eigenvalue weighted by Gasteiger charge is -2.18. The Morgan fingerprint density at radius 2 is 1.86 bits per heavy atom. The first-order valence-corrected chi connectivity index (χ1v) is 10.7. The second kappa shape index (κ2) is 8.62. The predicted molar refractivity (Wildman–Crippen MR) is 121 cm³/mol. The highest BCUT2D eigenvalue weighted by Gasteiger charge is 2.17. The van der Waals surface area contributed by atoms with Gasteiger partial charge in [-0.2, -0.15) is 5.10 Å². The van der Waals surface area contributed by atoms with Gasteiger partial charge in [0.25, 0.3) is 0 Å². The second-order valence-corrected chi connectivity index (χ2v) is 8.08. The third kappa shape index (κ3) is 4.10. The monoisotopic (exact) mass is 403 g/mol. The van der Waals surface area contributed by atoms with Crippen LogP contribution in [0.5, 0.6) is 5.75 Å². The minimum Gasteiger partial charge on any atom is -0.496 e. The molecule has 0 saturated carbocycles. The zero-order chi connectivity index (χ0) is 20.2. The van der Waals surface area contributed by atoms with E-state index in [0.29, 0.717) is 6.54 Å². The van der Waals surface area contributed by atoms with Crippen LogP contribution in [0.1, 0.15) is 30.9 Å². The molecule has 1 heterocycles. The normalized spacial score (nSPS) is 15.4. The molecule has 0 saturated heterocycles. The van der Waals surface area contributed by atoms with Crippen LogP contribution in [0.15, 0.2) is 76.2 Å². The average molecular weight is 404 g/mol. The Bertz CT molecular complexity index is 1140. The van der Waals surface area contributed by atoms with Crippen LogP contribution in [0.4, 0.5) is 0 Å². The van der Waals surface area contributed by atoms with Gasteiger partial charge in [-0.05, 0) is 43.9 Å².